The molecule has 116 valence electrons. The van der Waals surface area contributed by atoms with Gasteiger partial charge in [0.05, 0.1) is 5.69 Å². The molecule has 2 heterocycles. The summed E-state index contributed by atoms with van der Waals surface area (Å²) >= 11 is 15.6. The summed E-state index contributed by atoms with van der Waals surface area (Å²) in [6.07, 6.45) is 5.80. The van der Waals surface area contributed by atoms with E-state index in [9.17, 15) is 0 Å². The van der Waals surface area contributed by atoms with Gasteiger partial charge in [-0.25, -0.2) is 9.97 Å². The third kappa shape index (κ3) is 4.58. The van der Waals surface area contributed by atoms with Gasteiger partial charge in [-0.2, -0.15) is 0 Å². The normalized spacial score (nSPS) is 11.2. The Morgan fingerprint density at radius 1 is 1.04 bits per heavy atom. The molecule has 0 aliphatic carbocycles. The van der Waals surface area contributed by atoms with Crippen LogP contribution < -0.4 is 0 Å². The molecular formula is C17H12Cl2N2S2. The second-order valence-electron chi connectivity index (χ2n) is 4.60. The Morgan fingerprint density at radius 2 is 1.87 bits per heavy atom. The minimum Gasteiger partial charge on any atom is -0.231 e. The zero-order chi connectivity index (χ0) is 16.1. The molecule has 2 aromatic heterocycles. The molecular weight excluding hydrogens is 367 g/mol. The summed E-state index contributed by atoms with van der Waals surface area (Å²) in [7, 11) is 0. The Labute approximate surface area is 153 Å². The molecule has 1 aromatic carbocycles. The molecule has 0 unspecified atom stereocenters. The van der Waals surface area contributed by atoms with Crippen LogP contribution in [0.15, 0.2) is 53.1 Å². The van der Waals surface area contributed by atoms with E-state index in [0.29, 0.717) is 21.0 Å². The summed E-state index contributed by atoms with van der Waals surface area (Å²) in [5.41, 5.74) is 1.78. The highest BCUT2D eigenvalue weighted by Crippen LogP contribution is 2.30. The Morgan fingerprint density at radius 3 is 2.61 bits per heavy atom. The van der Waals surface area contributed by atoms with Crippen molar-refractivity contribution in [3.05, 3.63) is 74.2 Å². The van der Waals surface area contributed by atoms with Crippen LogP contribution in [0.5, 0.6) is 0 Å². The van der Waals surface area contributed by atoms with Gasteiger partial charge in [0.2, 0.25) is 0 Å². The van der Waals surface area contributed by atoms with Gasteiger partial charge in [0.25, 0.3) is 0 Å². The SMILES string of the molecule is Clc1cccc(Cl)c1CSc1nccc(C=Cc2cccs2)n1. The van der Waals surface area contributed by atoms with Crippen molar-refractivity contribution in [1.29, 1.82) is 0 Å². The zero-order valence-electron chi connectivity index (χ0n) is 11.9. The van der Waals surface area contributed by atoms with Gasteiger partial charge in [0.1, 0.15) is 0 Å². The van der Waals surface area contributed by atoms with Crippen molar-refractivity contribution in [1.82, 2.24) is 9.97 Å². The molecule has 0 saturated carbocycles. The monoisotopic (exact) mass is 378 g/mol. The molecule has 0 spiro atoms. The van der Waals surface area contributed by atoms with Crippen LogP contribution >= 0.6 is 46.3 Å². The van der Waals surface area contributed by atoms with Gasteiger partial charge in [0.15, 0.2) is 5.16 Å². The van der Waals surface area contributed by atoms with Crippen LogP contribution in [-0.2, 0) is 5.75 Å². The predicted molar refractivity (Wildman–Crippen MR) is 101 cm³/mol. The van der Waals surface area contributed by atoms with Crippen LogP contribution in [0.3, 0.4) is 0 Å². The van der Waals surface area contributed by atoms with Crippen LogP contribution in [0.25, 0.3) is 12.2 Å². The van der Waals surface area contributed by atoms with Gasteiger partial charge in [-0.3, -0.25) is 0 Å². The third-order valence-electron chi connectivity index (χ3n) is 3.02. The van der Waals surface area contributed by atoms with Crippen molar-refractivity contribution in [2.75, 3.05) is 0 Å². The first-order chi connectivity index (χ1) is 11.2. The lowest BCUT2D eigenvalue weighted by atomic mass is 10.2. The van der Waals surface area contributed by atoms with Crippen molar-refractivity contribution in [2.24, 2.45) is 0 Å². The molecule has 0 bridgehead atoms. The topological polar surface area (TPSA) is 25.8 Å². The van der Waals surface area contributed by atoms with Crippen molar-refractivity contribution < 1.29 is 0 Å². The average molecular weight is 379 g/mol. The van der Waals surface area contributed by atoms with Gasteiger partial charge in [-0.05, 0) is 47.4 Å². The molecule has 3 aromatic rings. The van der Waals surface area contributed by atoms with Crippen molar-refractivity contribution in [3.63, 3.8) is 0 Å². The number of benzene rings is 1. The predicted octanol–water partition coefficient (Wildman–Crippen LogP) is 6.31. The Kier molecular flexibility index (Phi) is 5.73. The van der Waals surface area contributed by atoms with Gasteiger partial charge in [-0.15, -0.1) is 11.3 Å². The number of aromatic nitrogens is 2. The number of thiophene rings is 1. The van der Waals surface area contributed by atoms with Crippen LogP contribution in [0.1, 0.15) is 16.1 Å². The van der Waals surface area contributed by atoms with Gasteiger partial charge in [-0.1, -0.05) is 47.1 Å². The molecule has 0 aliphatic rings. The van der Waals surface area contributed by atoms with Gasteiger partial charge < -0.3 is 0 Å². The number of hydrogen-bond donors (Lipinski definition) is 0. The molecule has 0 amide bonds. The highest BCUT2D eigenvalue weighted by atomic mass is 35.5. The highest BCUT2D eigenvalue weighted by Gasteiger charge is 2.07. The minimum atomic E-state index is 0.636. The first-order valence-electron chi connectivity index (χ1n) is 6.83. The zero-order valence-corrected chi connectivity index (χ0v) is 15.1. The maximum Gasteiger partial charge on any atom is 0.188 e. The molecule has 2 nitrogen and oxygen atoms in total. The smallest absolute Gasteiger partial charge is 0.188 e. The fourth-order valence-electron chi connectivity index (χ4n) is 1.88. The molecule has 0 N–H and O–H groups in total. The number of rotatable bonds is 5. The Balaban J connectivity index is 1.70. The summed E-state index contributed by atoms with van der Waals surface area (Å²) in [6.45, 7) is 0. The van der Waals surface area contributed by atoms with E-state index in [1.54, 1.807) is 17.5 Å². The highest BCUT2D eigenvalue weighted by molar-refractivity contribution is 7.98. The largest absolute Gasteiger partial charge is 0.231 e. The molecule has 0 radical (unpaired) electrons. The number of thioether (sulfide) groups is 1. The van der Waals surface area contributed by atoms with E-state index in [0.717, 1.165) is 11.3 Å². The lowest BCUT2D eigenvalue weighted by Gasteiger charge is -2.06. The molecule has 0 fully saturated rings. The fourth-order valence-corrected chi connectivity index (χ4v) is 4.07. The van der Waals surface area contributed by atoms with E-state index in [1.807, 2.05) is 47.9 Å². The Hall–Kier alpha value is -1.33. The van der Waals surface area contributed by atoms with Crippen LogP contribution in [0.4, 0.5) is 0 Å². The standard InChI is InChI=1S/C17H12Cl2N2S2/c18-15-4-1-5-16(19)14(15)11-23-17-20-9-8-12(21-17)6-7-13-3-2-10-22-13/h1-10H,11H2. The number of nitrogens with zero attached hydrogens (tertiary/aromatic N) is 2. The summed E-state index contributed by atoms with van der Waals surface area (Å²) < 4.78 is 0. The average Bonchev–Trinajstić information content (AvgIpc) is 3.06. The molecule has 23 heavy (non-hydrogen) atoms. The van der Waals surface area contributed by atoms with E-state index in [4.69, 9.17) is 23.2 Å². The van der Waals surface area contributed by atoms with Crippen molar-refractivity contribution in [3.8, 4) is 0 Å². The lowest BCUT2D eigenvalue weighted by Crippen LogP contribution is -1.91. The first-order valence-corrected chi connectivity index (χ1v) is 9.45. The van der Waals surface area contributed by atoms with E-state index >= 15 is 0 Å². The van der Waals surface area contributed by atoms with Gasteiger partial charge >= 0.3 is 0 Å². The van der Waals surface area contributed by atoms with Crippen molar-refractivity contribution in [2.45, 2.75) is 10.9 Å². The van der Waals surface area contributed by atoms with Crippen LogP contribution in [-0.4, -0.2) is 9.97 Å². The van der Waals surface area contributed by atoms with E-state index in [1.165, 1.54) is 16.6 Å². The Bertz CT molecular complexity index is 797. The van der Waals surface area contributed by atoms with E-state index in [-0.39, 0.29) is 0 Å². The first kappa shape index (κ1) is 16.5. The molecule has 6 heteroatoms. The van der Waals surface area contributed by atoms with Crippen LogP contribution in [0, 0.1) is 0 Å². The van der Waals surface area contributed by atoms with E-state index < -0.39 is 0 Å². The maximum absolute atomic E-state index is 6.19. The lowest BCUT2D eigenvalue weighted by molar-refractivity contribution is 0.957. The molecule has 0 aliphatic heterocycles. The number of hydrogen-bond acceptors (Lipinski definition) is 4. The van der Waals surface area contributed by atoms with E-state index in [2.05, 4.69) is 16.0 Å². The minimum absolute atomic E-state index is 0.636. The molecule has 0 saturated heterocycles. The van der Waals surface area contributed by atoms with Gasteiger partial charge in [0, 0.05) is 26.9 Å². The summed E-state index contributed by atoms with van der Waals surface area (Å²) in [5, 5.41) is 4.08. The van der Waals surface area contributed by atoms with Crippen LogP contribution in [0.2, 0.25) is 10.0 Å². The maximum atomic E-state index is 6.19. The second-order valence-corrected chi connectivity index (χ2v) is 7.34. The molecule has 3 rings (SSSR count). The quantitative estimate of drug-likeness (QED) is 0.384. The third-order valence-corrected chi connectivity index (χ3v) is 5.46. The molecule has 0 atom stereocenters. The summed E-state index contributed by atoms with van der Waals surface area (Å²) in [4.78, 5) is 10.0. The summed E-state index contributed by atoms with van der Waals surface area (Å²) in [6, 6.07) is 11.5. The van der Waals surface area contributed by atoms with Crippen molar-refractivity contribution >= 4 is 58.5 Å². The number of halogens is 2. The fraction of sp³-hybridized carbons (Fsp3) is 0.0588. The summed E-state index contributed by atoms with van der Waals surface area (Å²) in [5.74, 6) is 0.636. The second kappa shape index (κ2) is 7.97.